The van der Waals surface area contributed by atoms with Crippen LogP contribution in [0.4, 0.5) is 0 Å². The van der Waals surface area contributed by atoms with Crippen LogP contribution in [0.5, 0.6) is 0 Å². The van der Waals surface area contributed by atoms with E-state index < -0.39 is 0 Å². The molecule has 0 aliphatic rings. The van der Waals surface area contributed by atoms with Gasteiger partial charge in [-0.2, -0.15) is 0 Å². The number of pyridine rings is 1. The van der Waals surface area contributed by atoms with Gasteiger partial charge in [0.15, 0.2) is 0 Å². The minimum Gasteiger partial charge on any atom is -0.306 e. The largest absolute Gasteiger partial charge is 0.306 e. The average molecular weight is 282 g/mol. The van der Waals surface area contributed by atoms with Gasteiger partial charge in [-0.05, 0) is 48.2 Å². The molecule has 1 N–H and O–H groups in total. The number of rotatable bonds is 4. The van der Waals surface area contributed by atoms with Gasteiger partial charge in [0.25, 0.3) is 0 Å². The van der Waals surface area contributed by atoms with Gasteiger partial charge in [0.1, 0.15) is 0 Å². The molecule has 0 fully saturated rings. The van der Waals surface area contributed by atoms with Gasteiger partial charge in [-0.25, -0.2) is 0 Å². The Morgan fingerprint density at radius 1 is 1.15 bits per heavy atom. The van der Waals surface area contributed by atoms with Gasteiger partial charge >= 0.3 is 0 Å². The topological polar surface area (TPSA) is 24.9 Å². The minimum absolute atomic E-state index is 0.235. The van der Waals surface area contributed by atoms with Crippen molar-refractivity contribution in [3.05, 3.63) is 64.0 Å². The summed E-state index contributed by atoms with van der Waals surface area (Å²) in [5.41, 5.74) is 3.73. The average Bonchev–Trinajstić information content (AvgIpc) is 2.90. The van der Waals surface area contributed by atoms with Crippen LogP contribution in [-0.2, 0) is 0 Å². The number of nitrogens with zero attached hydrogens (tertiary/aromatic N) is 1. The van der Waals surface area contributed by atoms with Crippen LogP contribution in [0.3, 0.4) is 0 Å². The summed E-state index contributed by atoms with van der Waals surface area (Å²) in [5.74, 6) is 0. The number of fused-ring (bicyclic) bond motifs is 1. The zero-order valence-electron chi connectivity index (χ0n) is 11.8. The first-order valence-corrected chi connectivity index (χ1v) is 7.80. The van der Waals surface area contributed by atoms with Crippen molar-refractivity contribution in [2.24, 2.45) is 0 Å². The van der Waals surface area contributed by atoms with Crippen LogP contribution in [-0.4, -0.2) is 11.5 Å². The van der Waals surface area contributed by atoms with Crippen molar-refractivity contribution in [3.63, 3.8) is 0 Å². The Morgan fingerprint density at radius 2 is 2.00 bits per heavy atom. The van der Waals surface area contributed by atoms with Gasteiger partial charge in [0, 0.05) is 16.5 Å². The zero-order valence-corrected chi connectivity index (χ0v) is 12.6. The molecule has 3 aromatic rings. The standard InChI is InChI=1S/C17H18N2S/c1-3-18-17(13-9-11-20-12(13)2)15-8-10-19-16-7-5-4-6-14(15)16/h4-11,17-18H,3H2,1-2H3. The highest BCUT2D eigenvalue weighted by atomic mass is 32.1. The highest BCUT2D eigenvalue weighted by Gasteiger charge is 2.18. The number of thiophene rings is 1. The normalized spacial score (nSPS) is 12.7. The number of hydrogen-bond acceptors (Lipinski definition) is 3. The van der Waals surface area contributed by atoms with Crippen molar-refractivity contribution < 1.29 is 0 Å². The molecular formula is C17H18N2S. The molecule has 0 saturated heterocycles. The fraction of sp³-hybridized carbons (Fsp3) is 0.235. The summed E-state index contributed by atoms with van der Waals surface area (Å²) >= 11 is 1.80. The predicted octanol–water partition coefficient (Wildman–Crippen LogP) is 4.30. The maximum absolute atomic E-state index is 4.46. The van der Waals surface area contributed by atoms with Gasteiger partial charge < -0.3 is 5.32 Å². The lowest BCUT2D eigenvalue weighted by atomic mass is 9.96. The van der Waals surface area contributed by atoms with Crippen molar-refractivity contribution in [1.29, 1.82) is 0 Å². The first kappa shape index (κ1) is 13.3. The lowest BCUT2D eigenvalue weighted by molar-refractivity contribution is 0.633. The summed E-state index contributed by atoms with van der Waals surface area (Å²) in [6.45, 7) is 5.28. The van der Waals surface area contributed by atoms with Gasteiger partial charge in [-0.15, -0.1) is 11.3 Å². The van der Waals surface area contributed by atoms with Crippen molar-refractivity contribution in [2.45, 2.75) is 19.9 Å². The molecule has 2 heterocycles. The molecule has 0 bridgehead atoms. The van der Waals surface area contributed by atoms with E-state index in [1.54, 1.807) is 11.3 Å². The molecule has 102 valence electrons. The minimum atomic E-state index is 0.235. The smallest absolute Gasteiger partial charge is 0.0705 e. The molecule has 0 amide bonds. The summed E-state index contributed by atoms with van der Waals surface area (Å²) in [6.07, 6.45) is 1.91. The molecule has 0 aliphatic carbocycles. The lowest BCUT2D eigenvalue weighted by Crippen LogP contribution is -2.22. The molecule has 0 aliphatic heterocycles. The van der Waals surface area contributed by atoms with E-state index in [4.69, 9.17) is 0 Å². The second-order valence-corrected chi connectivity index (χ2v) is 5.96. The second-order valence-electron chi connectivity index (χ2n) is 4.84. The molecule has 2 aromatic heterocycles. The molecule has 1 aromatic carbocycles. The summed E-state index contributed by atoms with van der Waals surface area (Å²) in [4.78, 5) is 5.84. The van der Waals surface area contributed by atoms with Crippen LogP contribution in [0.1, 0.15) is 29.0 Å². The number of nitrogens with one attached hydrogen (secondary N) is 1. The number of para-hydroxylation sites is 1. The summed E-state index contributed by atoms with van der Waals surface area (Å²) in [5, 5.41) is 7.01. The molecule has 20 heavy (non-hydrogen) atoms. The van der Waals surface area contributed by atoms with Crippen molar-refractivity contribution >= 4 is 22.2 Å². The Bertz CT molecular complexity index is 712. The maximum atomic E-state index is 4.46. The summed E-state index contributed by atoms with van der Waals surface area (Å²) in [7, 11) is 0. The van der Waals surface area contributed by atoms with E-state index >= 15 is 0 Å². The first-order valence-electron chi connectivity index (χ1n) is 6.92. The van der Waals surface area contributed by atoms with E-state index in [-0.39, 0.29) is 6.04 Å². The predicted molar refractivity (Wildman–Crippen MR) is 86.3 cm³/mol. The van der Waals surface area contributed by atoms with Gasteiger partial charge in [0.05, 0.1) is 11.6 Å². The summed E-state index contributed by atoms with van der Waals surface area (Å²) in [6, 6.07) is 12.9. The van der Waals surface area contributed by atoms with Crippen LogP contribution < -0.4 is 5.32 Å². The van der Waals surface area contributed by atoms with Crippen molar-refractivity contribution in [2.75, 3.05) is 6.54 Å². The van der Waals surface area contributed by atoms with E-state index in [0.717, 1.165) is 12.1 Å². The SMILES string of the molecule is CCNC(c1ccsc1C)c1ccnc2ccccc12. The van der Waals surface area contributed by atoms with E-state index in [0.29, 0.717) is 0 Å². The van der Waals surface area contributed by atoms with Crippen LogP contribution in [0, 0.1) is 6.92 Å². The third-order valence-corrected chi connectivity index (χ3v) is 4.47. The molecule has 1 unspecified atom stereocenters. The maximum Gasteiger partial charge on any atom is 0.0705 e. The van der Waals surface area contributed by atoms with Crippen LogP contribution in [0.2, 0.25) is 0 Å². The number of benzene rings is 1. The fourth-order valence-electron chi connectivity index (χ4n) is 2.66. The zero-order chi connectivity index (χ0) is 13.9. The number of hydrogen-bond donors (Lipinski definition) is 1. The Hall–Kier alpha value is -1.71. The van der Waals surface area contributed by atoms with Crippen LogP contribution in [0.25, 0.3) is 10.9 Å². The van der Waals surface area contributed by atoms with Crippen molar-refractivity contribution in [1.82, 2.24) is 10.3 Å². The molecule has 0 spiro atoms. The Labute approximate surface area is 123 Å². The first-order chi connectivity index (χ1) is 9.81. The van der Waals surface area contributed by atoms with E-state index in [9.17, 15) is 0 Å². The molecule has 0 saturated carbocycles. The van der Waals surface area contributed by atoms with Crippen LogP contribution >= 0.6 is 11.3 Å². The highest BCUT2D eigenvalue weighted by Crippen LogP contribution is 2.31. The quantitative estimate of drug-likeness (QED) is 0.771. The Kier molecular flexibility index (Phi) is 3.81. The van der Waals surface area contributed by atoms with E-state index in [1.165, 1.54) is 21.4 Å². The Morgan fingerprint density at radius 3 is 2.75 bits per heavy atom. The van der Waals surface area contributed by atoms with E-state index in [1.807, 2.05) is 12.3 Å². The molecular weight excluding hydrogens is 264 g/mol. The number of aryl methyl sites for hydroxylation is 1. The molecule has 3 rings (SSSR count). The lowest BCUT2D eigenvalue weighted by Gasteiger charge is -2.20. The number of aromatic nitrogens is 1. The third kappa shape index (κ3) is 2.35. The van der Waals surface area contributed by atoms with Gasteiger partial charge in [-0.1, -0.05) is 25.1 Å². The van der Waals surface area contributed by atoms with Gasteiger partial charge in [0.2, 0.25) is 0 Å². The third-order valence-electron chi connectivity index (χ3n) is 3.61. The molecule has 1 atom stereocenters. The monoisotopic (exact) mass is 282 g/mol. The molecule has 2 nitrogen and oxygen atoms in total. The fourth-order valence-corrected chi connectivity index (χ4v) is 3.40. The van der Waals surface area contributed by atoms with Gasteiger partial charge in [-0.3, -0.25) is 4.98 Å². The molecule has 3 heteroatoms. The highest BCUT2D eigenvalue weighted by molar-refractivity contribution is 7.10. The summed E-state index contributed by atoms with van der Waals surface area (Å²) < 4.78 is 0. The van der Waals surface area contributed by atoms with Crippen LogP contribution in [0.15, 0.2) is 48.0 Å². The molecule has 0 radical (unpaired) electrons. The second kappa shape index (κ2) is 5.73. The van der Waals surface area contributed by atoms with E-state index in [2.05, 4.69) is 59.9 Å². The Balaban J connectivity index is 2.17. The van der Waals surface area contributed by atoms with Crippen molar-refractivity contribution in [3.8, 4) is 0 Å².